The summed E-state index contributed by atoms with van der Waals surface area (Å²) < 4.78 is 12.7. The summed E-state index contributed by atoms with van der Waals surface area (Å²) in [6.07, 6.45) is 1.56. The van der Waals surface area contributed by atoms with E-state index in [1.807, 2.05) is 18.2 Å². The molecule has 2 aliphatic heterocycles. The second kappa shape index (κ2) is 8.25. The first-order valence-electron chi connectivity index (χ1n) is 9.35. The molecule has 1 aromatic heterocycles. The number of carbonyl (C=O) groups excluding carboxylic acids is 2. The standard InChI is InChI=1S/C20H20FN5O2S/c21-6-13-9-25(10-13)14-1-2-18-17(5-14)16(3-4-23-18)20(28)24-8-19(27)26-12-29-11-15(26)7-22/h1-5,13,15H,6,8-12H2,(H,24,28). The Labute approximate surface area is 171 Å². The van der Waals surface area contributed by atoms with Crippen molar-refractivity contribution >= 4 is 40.2 Å². The molecule has 9 heteroatoms. The number of halogens is 1. The van der Waals surface area contributed by atoms with Crippen LogP contribution in [0.5, 0.6) is 0 Å². The van der Waals surface area contributed by atoms with Crippen LogP contribution in [0.4, 0.5) is 10.1 Å². The number of carbonyl (C=O) groups is 2. The third kappa shape index (κ3) is 3.85. The highest BCUT2D eigenvalue weighted by Gasteiger charge is 2.29. The van der Waals surface area contributed by atoms with Crippen molar-refractivity contribution in [2.45, 2.75) is 6.04 Å². The van der Waals surface area contributed by atoms with Gasteiger partial charge in [-0.15, -0.1) is 11.8 Å². The highest BCUT2D eigenvalue weighted by Crippen LogP contribution is 2.29. The molecule has 1 unspecified atom stereocenters. The van der Waals surface area contributed by atoms with Crippen molar-refractivity contribution in [3.63, 3.8) is 0 Å². The number of nitrogens with one attached hydrogen (secondary N) is 1. The molecule has 0 spiro atoms. The number of aromatic nitrogens is 1. The minimum atomic E-state index is -0.446. The van der Waals surface area contributed by atoms with Crippen LogP contribution in [0.3, 0.4) is 0 Å². The minimum absolute atomic E-state index is 0.0642. The van der Waals surface area contributed by atoms with Gasteiger partial charge in [-0.05, 0) is 24.3 Å². The second-order valence-corrected chi connectivity index (χ2v) is 8.18. The second-order valence-electron chi connectivity index (χ2n) is 7.18. The lowest BCUT2D eigenvalue weighted by Crippen LogP contribution is -2.47. The topological polar surface area (TPSA) is 89.3 Å². The van der Waals surface area contributed by atoms with Crippen molar-refractivity contribution < 1.29 is 14.0 Å². The highest BCUT2D eigenvalue weighted by atomic mass is 32.2. The lowest BCUT2D eigenvalue weighted by molar-refractivity contribution is -0.129. The largest absolute Gasteiger partial charge is 0.371 e. The predicted octanol–water partition coefficient (Wildman–Crippen LogP) is 1.80. The monoisotopic (exact) mass is 413 g/mol. The number of pyridine rings is 1. The molecule has 2 amide bonds. The van der Waals surface area contributed by atoms with Crippen LogP contribution >= 0.6 is 11.8 Å². The molecule has 0 aliphatic carbocycles. The van der Waals surface area contributed by atoms with Crippen molar-refractivity contribution in [2.75, 3.05) is 42.8 Å². The number of hydrogen-bond donors (Lipinski definition) is 1. The van der Waals surface area contributed by atoms with E-state index in [4.69, 9.17) is 5.26 Å². The summed E-state index contributed by atoms with van der Waals surface area (Å²) in [5.41, 5.74) is 2.03. The number of nitrogens with zero attached hydrogens (tertiary/aromatic N) is 4. The number of anilines is 1. The Morgan fingerprint density at radius 3 is 2.93 bits per heavy atom. The first kappa shape index (κ1) is 19.5. The number of fused-ring (bicyclic) bond motifs is 1. The lowest BCUT2D eigenvalue weighted by atomic mass is 9.99. The quantitative estimate of drug-likeness (QED) is 0.804. The van der Waals surface area contributed by atoms with Crippen LogP contribution < -0.4 is 10.2 Å². The summed E-state index contributed by atoms with van der Waals surface area (Å²) in [5, 5.41) is 12.5. The molecule has 2 saturated heterocycles. The van der Waals surface area contributed by atoms with Gasteiger partial charge in [0.05, 0.1) is 36.2 Å². The van der Waals surface area contributed by atoms with Crippen LogP contribution in [0.1, 0.15) is 10.4 Å². The van der Waals surface area contributed by atoms with Gasteiger partial charge in [0.25, 0.3) is 5.91 Å². The van der Waals surface area contributed by atoms with E-state index in [9.17, 15) is 14.0 Å². The molecule has 29 heavy (non-hydrogen) atoms. The van der Waals surface area contributed by atoms with E-state index in [0.717, 1.165) is 5.69 Å². The maximum absolute atomic E-state index is 12.7. The molecule has 4 rings (SSSR count). The number of rotatable bonds is 5. The first-order chi connectivity index (χ1) is 14.1. The smallest absolute Gasteiger partial charge is 0.252 e. The van der Waals surface area contributed by atoms with E-state index in [-0.39, 0.29) is 31.0 Å². The molecule has 2 fully saturated rings. The Kier molecular flexibility index (Phi) is 5.53. The summed E-state index contributed by atoms with van der Waals surface area (Å²) in [6, 6.07) is 8.93. The zero-order chi connectivity index (χ0) is 20.4. The van der Waals surface area contributed by atoms with Gasteiger partial charge in [0.1, 0.15) is 6.04 Å². The van der Waals surface area contributed by atoms with Crippen LogP contribution in [-0.2, 0) is 4.79 Å². The Morgan fingerprint density at radius 1 is 1.34 bits per heavy atom. The number of benzene rings is 1. The molecule has 1 aromatic carbocycles. The van der Waals surface area contributed by atoms with Gasteiger partial charge in [-0.25, -0.2) is 0 Å². The Morgan fingerprint density at radius 2 is 2.17 bits per heavy atom. The number of nitriles is 1. The summed E-state index contributed by atoms with van der Waals surface area (Å²) >= 11 is 1.52. The molecule has 2 aromatic rings. The molecule has 150 valence electrons. The van der Waals surface area contributed by atoms with E-state index >= 15 is 0 Å². The average Bonchev–Trinajstić information content (AvgIpc) is 3.19. The normalized spacial score (nSPS) is 19.1. The van der Waals surface area contributed by atoms with Gasteiger partial charge in [-0.3, -0.25) is 19.0 Å². The Bertz CT molecular complexity index is 988. The minimum Gasteiger partial charge on any atom is -0.371 e. The molecule has 0 radical (unpaired) electrons. The molecule has 2 aliphatic rings. The molecule has 0 bridgehead atoms. The fourth-order valence-corrected chi connectivity index (χ4v) is 4.66. The van der Waals surface area contributed by atoms with E-state index in [1.54, 1.807) is 12.3 Å². The fraction of sp³-hybridized carbons (Fsp3) is 0.400. The van der Waals surface area contributed by atoms with Gasteiger partial charge in [0.15, 0.2) is 0 Å². The van der Waals surface area contributed by atoms with Gasteiger partial charge < -0.3 is 15.1 Å². The molecule has 1 atom stereocenters. The van der Waals surface area contributed by atoms with Crippen LogP contribution in [0.2, 0.25) is 0 Å². The van der Waals surface area contributed by atoms with Crippen molar-refractivity contribution in [2.24, 2.45) is 5.92 Å². The number of thioether (sulfide) groups is 1. The zero-order valence-corrected chi connectivity index (χ0v) is 16.5. The summed E-state index contributed by atoms with van der Waals surface area (Å²) in [7, 11) is 0. The first-order valence-corrected chi connectivity index (χ1v) is 10.5. The van der Waals surface area contributed by atoms with E-state index in [2.05, 4.69) is 21.3 Å². The number of hydrogen-bond acceptors (Lipinski definition) is 6. The average molecular weight is 413 g/mol. The molecular formula is C20H20FN5O2S. The van der Waals surface area contributed by atoms with Crippen LogP contribution in [0, 0.1) is 17.2 Å². The zero-order valence-electron chi connectivity index (χ0n) is 15.7. The van der Waals surface area contributed by atoms with E-state index in [0.29, 0.717) is 41.2 Å². The Balaban J connectivity index is 1.48. The SMILES string of the molecule is N#CC1CSCN1C(=O)CNC(=O)c1ccnc2ccc(N3CC(CF)C3)cc12. The number of alkyl halides is 1. The van der Waals surface area contributed by atoms with Crippen molar-refractivity contribution in [1.29, 1.82) is 5.26 Å². The number of amides is 2. The van der Waals surface area contributed by atoms with E-state index in [1.165, 1.54) is 16.7 Å². The van der Waals surface area contributed by atoms with Gasteiger partial charge in [-0.1, -0.05) is 0 Å². The van der Waals surface area contributed by atoms with Crippen molar-refractivity contribution in [3.8, 4) is 6.07 Å². The van der Waals surface area contributed by atoms with Gasteiger partial charge in [-0.2, -0.15) is 5.26 Å². The molecule has 7 nitrogen and oxygen atoms in total. The van der Waals surface area contributed by atoms with Gasteiger partial charge >= 0.3 is 0 Å². The lowest BCUT2D eigenvalue weighted by Gasteiger charge is -2.39. The third-order valence-electron chi connectivity index (χ3n) is 5.26. The molecule has 3 heterocycles. The molecule has 1 N–H and O–H groups in total. The van der Waals surface area contributed by atoms with Crippen LogP contribution in [0.15, 0.2) is 30.5 Å². The summed E-state index contributed by atoms with van der Waals surface area (Å²) in [4.78, 5) is 33.0. The van der Waals surface area contributed by atoms with Gasteiger partial charge in [0.2, 0.25) is 5.91 Å². The third-order valence-corrected chi connectivity index (χ3v) is 6.27. The summed E-state index contributed by atoms with van der Waals surface area (Å²) in [6.45, 7) is 0.833. The maximum Gasteiger partial charge on any atom is 0.252 e. The predicted molar refractivity (Wildman–Crippen MR) is 109 cm³/mol. The molecule has 0 saturated carbocycles. The summed E-state index contributed by atoms with van der Waals surface area (Å²) in [5.74, 6) is 0.479. The van der Waals surface area contributed by atoms with Gasteiger partial charge in [0, 0.05) is 42.0 Å². The van der Waals surface area contributed by atoms with Crippen LogP contribution in [0.25, 0.3) is 10.9 Å². The van der Waals surface area contributed by atoms with E-state index < -0.39 is 6.04 Å². The molecular weight excluding hydrogens is 393 g/mol. The van der Waals surface area contributed by atoms with Crippen molar-refractivity contribution in [3.05, 3.63) is 36.0 Å². The maximum atomic E-state index is 12.7. The Hall–Kier alpha value is -2.86. The highest BCUT2D eigenvalue weighted by molar-refractivity contribution is 7.99. The fourth-order valence-electron chi connectivity index (χ4n) is 3.56. The van der Waals surface area contributed by atoms with Crippen molar-refractivity contribution in [1.82, 2.24) is 15.2 Å². The van der Waals surface area contributed by atoms with Crippen LogP contribution in [-0.4, -0.2) is 65.7 Å².